The maximum absolute atomic E-state index is 5.85. The molecule has 5 heteroatoms. The standard InChI is InChI=1S/C14H17N5/c1-2-19-14(16-10-17-19)9-18-12(8-15)7-11-5-3-4-6-13(11)18/h3-7,10H,2,8-9,15H2,1H3. The number of aromatic nitrogens is 4. The first-order valence-corrected chi connectivity index (χ1v) is 6.47. The molecule has 2 aromatic heterocycles. The number of hydrogen-bond donors (Lipinski definition) is 1. The lowest BCUT2D eigenvalue weighted by atomic mass is 10.2. The van der Waals surface area contributed by atoms with Crippen molar-refractivity contribution in [2.24, 2.45) is 5.73 Å². The molecule has 2 N–H and O–H groups in total. The molecule has 0 saturated carbocycles. The lowest BCUT2D eigenvalue weighted by molar-refractivity contribution is 0.590. The van der Waals surface area contributed by atoms with Gasteiger partial charge in [-0.15, -0.1) is 0 Å². The number of para-hydroxylation sites is 1. The molecule has 2 heterocycles. The van der Waals surface area contributed by atoms with E-state index < -0.39 is 0 Å². The van der Waals surface area contributed by atoms with Crippen LogP contribution in [-0.4, -0.2) is 19.3 Å². The smallest absolute Gasteiger partial charge is 0.146 e. The maximum atomic E-state index is 5.85. The summed E-state index contributed by atoms with van der Waals surface area (Å²) >= 11 is 0. The second-order valence-corrected chi connectivity index (χ2v) is 4.48. The average Bonchev–Trinajstić information content (AvgIpc) is 3.04. The van der Waals surface area contributed by atoms with Gasteiger partial charge < -0.3 is 10.3 Å². The Hall–Kier alpha value is -2.14. The van der Waals surface area contributed by atoms with Gasteiger partial charge in [-0.25, -0.2) is 9.67 Å². The third-order valence-electron chi connectivity index (χ3n) is 3.40. The first kappa shape index (κ1) is 11.9. The first-order valence-electron chi connectivity index (χ1n) is 6.47. The predicted molar refractivity (Wildman–Crippen MR) is 74.6 cm³/mol. The van der Waals surface area contributed by atoms with Gasteiger partial charge in [-0.3, -0.25) is 0 Å². The van der Waals surface area contributed by atoms with Gasteiger partial charge in [0.05, 0.1) is 6.54 Å². The molecule has 3 aromatic rings. The van der Waals surface area contributed by atoms with Gasteiger partial charge in [-0.2, -0.15) is 5.10 Å². The van der Waals surface area contributed by atoms with Crippen LogP contribution in [0, 0.1) is 0 Å². The lowest BCUT2D eigenvalue weighted by Gasteiger charge is -2.09. The summed E-state index contributed by atoms with van der Waals surface area (Å²) in [5.41, 5.74) is 8.16. The van der Waals surface area contributed by atoms with E-state index in [4.69, 9.17) is 5.73 Å². The van der Waals surface area contributed by atoms with Gasteiger partial charge in [-0.1, -0.05) is 18.2 Å². The Morgan fingerprint density at radius 3 is 2.89 bits per heavy atom. The molecule has 5 nitrogen and oxygen atoms in total. The monoisotopic (exact) mass is 255 g/mol. The van der Waals surface area contributed by atoms with Gasteiger partial charge in [0, 0.05) is 24.3 Å². The molecule has 0 unspecified atom stereocenters. The van der Waals surface area contributed by atoms with Gasteiger partial charge in [0.15, 0.2) is 0 Å². The quantitative estimate of drug-likeness (QED) is 0.772. The summed E-state index contributed by atoms with van der Waals surface area (Å²) in [6, 6.07) is 10.4. The molecular weight excluding hydrogens is 238 g/mol. The number of nitrogens with zero attached hydrogens (tertiary/aromatic N) is 4. The summed E-state index contributed by atoms with van der Waals surface area (Å²) in [5, 5.41) is 5.43. The van der Waals surface area contributed by atoms with Crippen LogP contribution in [-0.2, 0) is 19.6 Å². The SMILES string of the molecule is CCn1ncnc1Cn1c(CN)cc2ccccc21. The highest BCUT2D eigenvalue weighted by molar-refractivity contribution is 5.81. The summed E-state index contributed by atoms with van der Waals surface area (Å²) in [4.78, 5) is 4.33. The van der Waals surface area contributed by atoms with E-state index in [-0.39, 0.29) is 0 Å². The average molecular weight is 255 g/mol. The molecule has 0 atom stereocenters. The maximum Gasteiger partial charge on any atom is 0.146 e. The Bertz CT molecular complexity index is 695. The van der Waals surface area contributed by atoms with E-state index in [1.54, 1.807) is 6.33 Å². The van der Waals surface area contributed by atoms with E-state index in [0.717, 1.165) is 18.1 Å². The third-order valence-corrected chi connectivity index (χ3v) is 3.40. The summed E-state index contributed by atoms with van der Waals surface area (Å²) in [6.07, 6.45) is 1.60. The molecule has 0 spiro atoms. The predicted octanol–water partition coefficient (Wildman–Crippen LogP) is 1.76. The number of benzene rings is 1. The van der Waals surface area contributed by atoms with Crippen molar-refractivity contribution in [3.05, 3.63) is 48.2 Å². The van der Waals surface area contributed by atoms with E-state index in [9.17, 15) is 0 Å². The van der Waals surface area contributed by atoms with Crippen molar-refractivity contribution in [2.75, 3.05) is 0 Å². The van der Waals surface area contributed by atoms with Crippen molar-refractivity contribution in [3.8, 4) is 0 Å². The van der Waals surface area contributed by atoms with Crippen LogP contribution in [0.5, 0.6) is 0 Å². The van der Waals surface area contributed by atoms with Crippen LogP contribution < -0.4 is 5.73 Å². The minimum Gasteiger partial charge on any atom is -0.336 e. The van der Waals surface area contributed by atoms with Crippen molar-refractivity contribution in [2.45, 2.75) is 26.6 Å². The highest BCUT2D eigenvalue weighted by atomic mass is 15.3. The van der Waals surface area contributed by atoms with Crippen molar-refractivity contribution >= 4 is 10.9 Å². The van der Waals surface area contributed by atoms with Crippen LogP contribution in [0.2, 0.25) is 0 Å². The van der Waals surface area contributed by atoms with E-state index in [0.29, 0.717) is 13.1 Å². The van der Waals surface area contributed by atoms with Crippen LogP contribution >= 0.6 is 0 Å². The molecule has 0 amide bonds. The summed E-state index contributed by atoms with van der Waals surface area (Å²) in [6.45, 7) is 4.12. The van der Waals surface area contributed by atoms with Crippen LogP contribution in [0.15, 0.2) is 36.7 Å². The number of nitrogens with two attached hydrogens (primary N) is 1. The van der Waals surface area contributed by atoms with E-state index in [2.05, 4.69) is 39.8 Å². The van der Waals surface area contributed by atoms with Gasteiger partial charge in [0.1, 0.15) is 12.2 Å². The zero-order valence-electron chi connectivity index (χ0n) is 11.0. The molecule has 3 rings (SSSR count). The summed E-state index contributed by atoms with van der Waals surface area (Å²) < 4.78 is 4.13. The fourth-order valence-electron chi connectivity index (χ4n) is 2.44. The number of hydrogen-bond acceptors (Lipinski definition) is 3. The van der Waals surface area contributed by atoms with Crippen molar-refractivity contribution in [1.29, 1.82) is 0 Å². The van der Waals surface area contributed by atoms with E-state index >= 15 is 0 Å². The highest BCUT2D eigenvalue weighted by Crippen LogP contribution is 2.20. The van der Waals surface area contributed by atoms with Crippen LogP contribution in [0.3, 0.4) is 0 Å². The Labute approximate surface area is 111 Å². The summed E-state index contributed by atoms with van der Waals surface area (Å²) in [7, 11) is 0. The van der Waals surface area contributed by atoms with Gasteiger partial charge >= 0.3 is 0 Å². The lowest BCUT2D eigenvalue weighted by Crippen LogP contribution is -2.12. The molecule has 19 heavy (non-hydrogen) atoms. The first-order chi connectivity index (χ1) is 9.33. The van der Waals surface area contributed by atoms with E-state index in [1.807, 2.05) is 16.8 Å². The zero-order chi connectivity index (χ0) is 13.2. The zero-order valence-corrected chi connectivity index (χ0v) is 11.0. The minimum atomic E-state index is 0.523. The molecule has 0 bridgehead atoms. The fraction of sp³-hybridized carbons (Fsp3) is 0.286. The second kappa shape index (κ2) is 4.85. The van der Waals surface area contributed by atoms with Crippen molar-refractivity contribution in [1.82, 2.24) is 19.3 Å². The number of fused-ring (bicyclic) bond motifs is 1. The third kappa shape index (κ3) is 2.02. The van der Waals surface area contributed by atoms with Crippen LogP contribution in [0.1, 0.15) is 18.4 Å². The van der Waals surface area contributed by atoms with Gasteiger partial charge in [0.25, 0.3) is 0 Å². The molecule has 0 aliphatic carbocycles. The van der Waals surface area contributed by atoms with Crippen LogP contribution in [0.25, 0.3) is 10.9 Å². The van der Waals surface area contributed by atoms with E-state index in [1.165, 1.54) is 10.9 Å². The second-order valence-electron chi connectivity index (χ2n) is 4.48. The molecule has 0 radical (unpaired) electrons. The number of aryl methyl sites for hydroxylation is 1. The number of rotatable bonds is 4. The topological polar surface area (TPSA) is 61.7 Å². The molecule has 0 saturated heterocycles. The Kier molecular flexibility index (Phi) is 3.05. The van der Waals surface area contributed by atoms with Crippen molar-refractivity contribution < 1.29 is 0 Å². The molecule has 1 aromatic carbocycles. The minimum absolute atomic E-state index is 0.523. The molecule has 98 valence electrons. The Morgan fingerprint density at radius 1 is 1.26 bits per heavy atom. The molecular formula is C14H17N5. The van der Waals surface area contributed by atoms with Gasteiger partial charge in [-0.05, 0) is 24.4 Å². The largest absolute Gasteiger partial charge is 0.336 e. The fourth-order valence-corrected chi connectivity index (χ4v) is 2.44. The molecule has 0 aliphatic heterocycles. The molecule has 0 aliphatic rings. The summed E-state index contributed by atoms with van der Waals surface area (Å²) in [5.74, 6) is 0.957. The van der Waals surface area contributed by atoms with Gasteiger partial charge in [0.2, 0.25) is 0 Å². The van der Waals surface area contributed by atoms with Crippen LogP contribution in [0.4, 0.5) is 0 Å². The Morgan fingerprint density at radius 2 is 2.11 bits per heavy atom. The van der Waals surface area contributed by atoms with Crippen molar-refractivity contribution in [3.63, 3.8) is 0 Å². The molecule has 0 fully saturated rings. The Balaban J connectivity index is 2.09. The normalized spacial score (nSPS) is 11.3. The highest BCUT2D eigenvalue weighted by Gasteiger charge is 2.10.